The zero-order valence-corrected chi connectivity index (χ0v) is 9.78. The Morgan fingerprint density at radius 3 is 1.72 bits per heavy atom. The molecule has 0 aliphatic carbocycles. The van der Waals surface area contributed by atoms with Crippen molar-refractivity contribution < 1.29 is 4.42 Å². The first-order chi connectivity index (χ1) is 8.95. The van der Waals surface area contributed by atoms with E-state index in [4.69, 9.17) is 4.42 Å². The van der Waals surface area contributed by atoms with E-state index in [0.717, 1.165) is 17.3 Å². The van der Waals surface area contributed by atoms with Crippen molar-refractivity contribution in [3.05, 3.63) is 79.1 Å². The van der Waals surface area contributed by atoms with Crippen LogP contribution in [0.3, 0.4) is 0 Å². The molecule has 0 bridgehead atoms. The van der Waals surface area contributed by atoms with Gasteiger partial charge in [-0.3, -0.25) is 4.90 Å². The third kappa shape index (κ3) is 2.00. The van der Waals surface area contributed by atoms with E-state index in [0.29, 0.717) is 0 Å². The SMILES string of the molecule is [c]1ccc(N(c2ccccc2)c2ccccc2)o1. The van der Waals surface area contributed by atoms with Crippen LogP contribution in [-0.2, 0) is 0 Å². The molecule has 1 aromatic heterocycles. The van der Waals surface area contributed by atoms with Gasteiger partial charge in [0.2, 0.25) is 5.88 Å². The molecule has 0 N–H and O–H groups in total. The lowest BCUT2D eigenvalue weighted by Crippen LogP contribution is -2.08. The van der Waals surface area contributed by atoms with E-state index in [1.54, 1.807) is 6.07 Å². The van der Waals surface area contributed by atoms with E-state index in [9.17, 15) is 0 Å². The average Bonchev–Trinajstić information content (AvgIpc) is 2.95. The topological polar surface area (TPSA) is 16.4 Å². The second-order valence-electron chi connectivity index (χ2n) is 3.90. The van der Waals surface area contributed by atoms with Crippen LogP contribution in [0.5, 0.6) is 0 Å². The lowest BCUT2D eigenvalue weighted by atomic mass is 10.2. The van der Waals surface area contributed by atoms with Crippen molar-refractivity contribution in [1.29, 1.82) is 0 Å². The zero-order chi connectivity index (χ0) is 12.2. The van der Waals surface area contributed by atoms with Crippen LogP contribution < -0.4 is 4.90 Å². The highest BCUT2D eigenvalue weighted by Crippen LogP contribution is 2.33. The molecule has 0 aliphatic heterocycles. The molecule has 1 heterocycles. The molecule has 0 saturated carbocycles. The molecular formula is C16H12NO. The van der Waals surface area contributed by atoms with Crippen LogP contribution in [0, 0.1) is 6.26 Å². The van der Waals surface area contributed by atoms with Crippen LogP contribution in [0.25, 0.3) is 0 Å². The molecule has 18 heavy (non-hydrogen) atoms. The second-order valence-corrected chi connectivity index (χ2v) is 3.90. The van der Waals surface area contributed by atoms with Gasteiger partial charge in [-0.05, 0) is 30.3 Å². The largest absolute Gasteiger partial charge is 0.437 e. The van der Waals surface area contributed by atoms with E-state index < -0.39 is 0 Å². The maximum atomic E-state index is 5.41. The maximum Gasteiger partial charge on any atom is 0.205 e. The first-order valence-electron chi connectivity index (χ1n) is 5.81. The summed E-state index contributed by atoms with van der Waals surface area (Å²) < 4.78 is 5.41. The van der Waals surface area contributed by atoms with Gasteiger partial charge in [0.15, 0.2) is 6.26 Å². The van der Waals surface area contributed by atoms with Gasteiger partial charge in [-0.1, -0.05) is 36.4 Å². The molecule has 0 aliphatic rings. The fraction of sp³-hybridized carbons (Fsp3) is 0. The van der Waals surface area contributed by atoms with Crippen LogP contribution >= 0.6 is 0 Å². The molecule has 0 saturated heterocycles. The summed E-state index contributed by atoms with van der Waals surface area (Å²) in [5, 5.41) is 0. The molecule has 3 rings (SSSR count). The molecule has 2 nitrogen and oxygen atoms in total. The summed E-state index contributed by atoms with van der Waals surface area (Å²) in [6.45, 7) is 0. The van der Waals surface area contributed by atoms with Crippen LogP contribution in [-0.4, -0.2) is 0 Å². The van der Waals surface area contributed by atoms with E-state index in [2.05, 4.69) is 35.4 Å². The van der Waals surface area contributed by atoms with Crippen molar-refractivity contribution in [1.82, 2.24) is 0 Å². The number of nitrogens with zero attached hydrogens (tertiary/aromatic N) is 1. The number of benzene rings is 2. The van der Waals surface area contributed by atoms with E-state index in [-0.39, 0.29) is 0 Å². The Balaban J connectivity index is 2.11. The van der Waals surface area contributed by atoms with Gasteiger partial charge < -0.3 is 4.42 Å². The fourth-order valence-electron chi connectivity index (χ4n) is 1.91. The van der Waals surface area contributed by atoms with Crippen molar-refractivity contribution in [2.24, 2.45) is 0 Å². The van der Waals surface area contributed by atoms with Gasteiger partial charge in [0.05, 0.1) is 0 Å². The predicted molar refractivity (Wildman–Crippen MR) is 72.2 cm³/mol. The summed E-state index contributed by atoms with van der Waals surface area (Å²) in [4.78, 5) is 2.05. The van der Waals surface area contributed by atoms with E-state index >= 15 is 0 Å². The van der Waals surface area contributed by atoms with Crippen molar-refractivity contribution >= 4 is 17.3 Å². The monoisotopic (exact) mass is 234 g/mol. The molecule has 3 aromatic rings. The van der Waals surface area contributed by atoms with Gasteiger partial charge in [-0.2, -0.15) is 0 Å². The van der Waals surface area contributed by atoms with Gasteiger partial charge >= 0.3 is 0 Å². The van der Waals surface area contributed by atoms with Gasteiger partial charge in [-0.15, -0.1) is 0 Å². The highest BCUT2D eigenvalue weighted by atomic mass is 16.3. The van der Waals surface area contributed by atoms with Crippen molar-refractivity contribution in [2.75, 3.05) is 4.90 Å². The minimum Gasteiger partial charge on any atom is -0.437 e. The molecule has 2 aromatic carbocycles. The average molecular weight is 234 g/mol. The number of anilines is 3. The summed E-state index contributed by atoms with van der Waals surface area (Å²) >= 11 is 0. The van der Waals surface area contributed by atoms with Crippen LogP contribution in [0.4, 0.5) is 17.3 Å². The number of hydrogen-bond donors (Lipinski definition) is 0. The minimum absolute atomic E-state index is 0.757. The molecule has 0 unspecified atom stereocenters. The standard InChI is InChI=1S/C16H12NO/c1-3-8-14(9-4-1)17(16-12-7-13-18-16)15-10-5-2-6-11-15/h1-12H. The lowest BCUT2D eigenvalue weighted by Gasteiger charge is -2.21. The summed E-state index contributed by atoms with van der Waals surface area (Å²) in [5.74, 6) is 0.757. The molecule has 0 amide bonds. The number of hydrogen-bond acceptors (Lipinski definition) is 2. The Kier molecular flexibility index (Phi) is 2.84. The summed E-state index contributed by atoms with van der Waals surface area (Å²) in [6, 6.07) is 23.9. The summed E-state index contributed by atoms with van der Waals surface area (Å²) in [7, 11) is 0. The summed E-state index contributed by atoms with van der Waals surface area (Å²) in [6.07, 6.45) is 2.73. The Morgan fingerprint density at radius 1 is 0.722 bits per heavy atom. The van der Waals surface area contributed by atoms with Crippen LogP contribution in [0.2, 0.25) is 0 Å². The first-order valence-corrected chi connectivity index (χ1v) is 5.81. The van der Waals surface area contributed by atoms with Gasteiger partial charge in [0.25, 0.3) is 0 Å². The Hall–Kier alpha value is -2.48. The zero-order valence-electron chi connectivity index (χ0n) is 9.78. The normalized spacial score (nSPS) is 10.2. The molecule has 87 valence electrons. The minimum atomic E-state index is 0.757. The predicted octanol–water partition coefficient (Wildman–Crippen LogP) is 4.55. The molecular weight excluding hydrogens is 222 g/mol. The van der Waals surface area contributed by atoms with Gasteiger partial charge in [-0.25, -0.2) is 0 Å². The third-order valence-corrected chi connectivity index (χ3v) is 2.71. The Bertz CT molecular complexity index is 548. The van der Waals surface area contributed by atoms with Gasteiger partial charge in [0.1, 0.15) is 0 Å². The quantitative estimate of drug-likeness (QED) is 0.661. The second kappa shape index (κ2) is 4.80. The molecule has 2 heteroatoms. The first kappa shape index (κ1) is 10.7. The number of furan rings is 1. The molecule has 0 atom stereocenters. The molecule has 0 spiro atoms. The Labute approximate surface area is 106 Å². The van der Waals surface area contributed by atoms with Crippen molar-refractivity contribution in [2.45, 2.75) is 0 Å². The lowest BCUT2D eigenvalue weighted by molar-refractivity contribution is 0.565. The highest BCUT2D eigenvalue weighted by Gasteiger charge is 2.13. The molecule has 1 radical (unpaired) electrons. The number of para-hydroxylation sites is 2. The fourth-order valence-corrected chi connectivity index (χ4v) is 1.91. The van der Waals surface area contributed by atoms with Gasteiger partial charge in [0, 0.05) is 17.4 Å². The third-order valence-electron chi connectivity index (χ3n) is 2.71. The summed E-state index contributed by atoms with van der Waals surface area (Å²) in [5.41, 5.74) is 2.12. The number of rotatable bonds is 3. The van der Waals surface area contributed by atoms with Crippen molar-refractivity contribution in [3.8, 4) is 0 Å². The molecule has 0 fully saturated rings. The highest BCUT2D eigenvalue weighted by molar-refractivity contribution is 5.73. The van der Waals surface area contributed by atoms with E-state index in [1.165, 1.54) is 0 Å². The Morgan fingerprint density at radius 2 is 1.28 bits per heavy atom. The van der Waals surface area contributed by atoms with Crippen LogP contribution in [0.1, 0.15) is 0 Å². The van der Waals surface area contributed by atoms with Crippen LogP contribution in [0.15, 0.2) is 77.2 Å². The van der Waals surface area contributed by atoms with E-state index in [1.807, 2.05) is 42.5 Å². The smallest absolute Gasteiger partial charge is 0.205 e. The maximum absolute atomic E-state index is 5.41. The van der Waals surface area contributed by atoms with Crippen molar-refractivity contribution in [3.63, 3.8) is 0 Å².